The average molecular weight is 325 g/mol. The van der Waals surface area contributed by atoms with E-state index in [0.717, 1.165) is 0 Å². The number of aliphatic hydroxyl groups is 7. The molecule has 130 valence electrons. The maximum Gasteiger partial charge on any atom is 0.187 e. The summed E-state index contributed by atoms with van der Waals surface area (Å²) in [7, 11) is 0. The zero-order valence-corrected chi connectivity index (χ0v) is 11.8. The number of rotatable bonds is 4. The number of hydrogen-bond donors (Lipinski definition) is 8. The van der Waals surface area contributed by atoms with E-state index in [9.17, 15) is 30.6 Å². The second-order valence-corrected chi connectivity index (χ2v) is 5.55. The third-order valence-corrected chi connectivity index (χ3v) is 4.05. The Hall–Kier alpha value is -0.400. The average Bonchev–Trinajstić information content (AvgIpc) is 2.52. The lowest BCUT2D eigenvalue weighted by molar-refractivity contribution is -0.324. The molecular weight excluding hydrogens is 302 g/mol. The van der Waals surface area contributed by atoms with Gasteiger partial charge in [0.05, 0.1) is 25.4 Å². The Labute approximate surface area is 126 Å². The summed E-state index contributed by atoms with van der Waals surface area (Å²) in [5.74, 6) is 0. The van der Waals surface area contributed by atoms with Crippen molar-refractivity contribution >= 4 is 0 Å². The van der Waals surface area contributed by atoms with Crippen molar-refractivity contribution in [1.82, 2.24) is 5.32 Å². The van der Waals surface area contributed by atoms with Gasteiger partial charge >= 0.3 is 0 Å². The predicted molar refractivity (Wildman–Crippen MR) is 69.5 cm³/mol. The highest BCUT2D eigenvalue weighted by molar-refractivity contribution is 4.95. The summed E-state index contributed by atoms with van der Waals surface area (Å²) in [6.45, 7) is -0.949. The SMILES string of the molecule is OC[C@@H]1NC[C@H](O)[C@@H](O)[C@@H]1O[C@H]1O[C@@H](CO)[C@@H](O)[C@H](O)[C@H]1O. The first-order chi connectivity index (χ1) is 10.4. The van der Waals surface area contributed by atoms with E-state index in [1.807, 2.05) is 0 Å². The van der Waals surface area contributed by atoms with Crippen molar-refractivity contribution in [3.63, 3.8) is 0 Å². The fourth-order valence-corrected chi connectivity index (χ4v) is 2.64. The molecule has 9 atom stereocenters. The van der Waals surface area contributed by atoms with Crippen molar-refractivity contribution in [3.05, 3.63) is 0 Å². The van der Waals surface area contributed by atoms with E-state index in [0.29, 0.717) is 0 Å². The van der Waals surface area contributed by atoms with E-state index >= 15 is 0 Å². The van der Waals surface area contributed by atoms with E-state index in [-0.39, 0.29) is 6.54 Å². The molecule has 0 aliphatic carbocycles. The normalized spacial score (nSPS) is 50.0. The molecule has 0 radical (unpaired) electrons. The van der Waals surface area contributed by atoms with E-state index < -0.39 is 68.3 Å². The highest BCUT2D eigenvalue weighted by Crippen LogP contribution is 2.25. The molecule has 8 N–H and O–H groups in total. The lowest BCUT2D eigenvalue weighted by atomic mass is 9.95. The van der Waals surface area contributed by atoms with E-state index in [1.54, 1.807) is 0 Å². The van der Waals surface area contributed by atoms with Gasteiger partial charge in [0, 0.05) is 6.54 Å². The zero-order chi connectivity index (χ0) is 16.4. The lowest BCUT2D eigenvalue weighted by Gasteiger charge is -2.44. The summed E-state index contributed by atoms with van der Waals surface area (Å²) in [4.78, 5) is 0. The molecular formula is C12H23NO9. The minimum atomic E-state index is -1.62. The Balaban J connectivity index is 2.09. The lowest BCUT2D eigenvalue weighted by Crippen LogP contribution is -2.65. The first kappa shape index (κ1) is 17.9. The molecule has 2 heterocycles. The minimum absolute atomic E-state index is 0.0565. The molecule has 0 amide bonds. The van der Waals surface area contributed by atoms with Crippen LogP contribution in [0.5, 0.6) is 0 Å². The monoisotopic (exact) mass is 325 g/mol. The van der Waals surface area contributed by atoms with Crippen molar-refractivity contribution in [1.29, 1.82) is 0 Å². The van der Waals surface area contributed by atoms with Crippen LogP contribution in [0.3, 0.4) is 0 Å². The van der Waals surface area contributed by atoms with Crippen LogP contribution in [0.25, 0.3) is 0 Å². The number of aliphatic hydroxyl groups excluding tert-OH is 7. The van der Waals surface area contributed by atoms with Crippen LogP contribution >= 0.6 is 0 Å². The Morgan fingerprint density at radius 3 is 2.18 bits per heavy atom. The first-order valence-electron chi connectivity index (χ1n) is 7.07. The molecule has 10 heteroatoms. The van der Waals surface area contributed by atoms with Gasteiger partial charge in [-0.2, -0.15) is 0 Å². The highest BCUT2D eigenvalue weighted by Gasteiger charge is 2.47. The molecule has 10 nitrogen and oxygen atoms in total. The summed E-state index contributed by atoms with van der Waals surface area (Å²) < 4.78 is 10.6. The molecule has 0 unspecified atom stereocenters. The van der Waals surface area contributed by atoms with Crippen molar-refractivity contribution in [2.24, 2.45) is 0 Å². The topological polar surface area (TPSA) is 172 Å². The summed E-state index contributed by atoms with van der Waals surface area (Å²) >= 11 is 0. The van der Waals surface area contributed by atoms with Gasteiger partial charge in [0.15, 0.2) is 6.29 Å². The standard InChI is InChI=1S/C12H23NO9/c14-2-4-11(7(17)5(16)1-13-4)22-12-10(20)9(19)8(18)6(3-15)21-12/h4-20H,1-3H2/t4-,5-,6-,7+,8+,9-,10+,11+,12+/m0/s1. The van der Waals surface area contributed by atoms with Crippen LogP contribution in [-0.4, -0.2) is 111 Å². The van der Waals surface area contributed by atoms with Gasteiger partial charge in [0.25, 0.3) is 0 Å². The predicted octanol–water partition coefficient (Wildman–Crippen LogP) is -5.14. The maximum atomic E-state index is 9.97. The number of β-amino-alcohol motifs (C(OH)–C–C–N with tert-alkyl or cyclic N) is 1. The number of nitrogens with one attached hydrogen (secondary N) is 1. The van der Waals surface area contributed by atoms with Crippen molar-refractivity contribution in [3.8, 4) is 0 Å². The minimum Gasteiger partial charge on any atom is -0.395 e. The van der Waals surface area contributed by atoms with Crippen LogP contribution in [0, 0.1) is 0 Å². The fourth-order valence-electron chi connectivity index (χ4n) is 2.64. The number of piperidine rings is 1. The second-order valence-electron chi connectivity index (χ2n) is 5.55. The van der Waals surface area contributed by atoms with Crippen LogP contribution in [-0.2, 0) is 9.47 Å². The van der Waals surface area contributed by atoms with Gasteiger partial charge in [-0.1, -0.05) is 0 Å². The maximum absolute atomic E-state index is 9.97. The second kappa shape index (κ2) is 7.45. The summed E-state index contributed by atoms with van der Waals surface area (Å²) in [5.41, 5.74) is 0. The van der Waals surface area contributed by atoms with Gasteiger partial charge in [-0.3, -0.25) is 0 Å². The van der Waals surface area contributed by atoms with Gasteiger partial charge in [0.2, 0.25) is 0 Å². The molecule has 2 aliphatic heterocycles. The molecule has 2 rings (SSSR count). The molecule has 22 heavy (non-hydrogen) atoms. The Kier molecular flexibility index (Phi) is 6.07. The largest absolute Gasteiger partial charge is 0.395 e. The molecule has 0 aromatic carbocycles. The zero-order valence-electron chi connectivity index (χ0n) is 11.8. The number of hydrogen-bond acceptors (Lipinski definition) is 10. The molecule has 0 spiro atoms. The quantitative estimate of drug-likeness (QED) is 0.250. The van der Waals surface area contributed by atoms with E-state index in [4.69, 9.17) is 14.6 Å². The van der Waals surface area contributed by atoms with Crippen molar-refractivity contribution in [2.75, 3.05) is 19.8 Å². The summed E-state index contributed by atoms with van der Waals surface area (Å²) in [5, 5.41) is 70.0. The van der Waals surface area contributed by atoms with E-state index in [2.05, 4.69) is 5.32 Å². The van der Waals surface area contributed by atoms with Crippen LogP contribution in [0.4, 0.5) is 0 Å². The Morgan fingerprint density at radius 1 is 0.909 bits per heavy atom. The van der Waals surface area contributed by atoms with Gasteiger partial charge in [-0.25, -0.2) is 0 Å². The Morgan fingerprint density at radius 2 is 1.59 bits per heavy atom. The molecule has 0 saturated carbocycles. The molecule has 0 aromatic rings. The summed E-state index contributed by atoms with van der Waals surface area (Å²) in [6.07, 6.45) is -10.9. The van der Waals surface area contributed by atoms with Crippen LogP contribution in [0.1, 0.15) is 0 Å². The van der Waals surface area contributed by atoms with Crippen molar-refractivity contribution < 1.29 is 45.2 Å². The highest BCUT2D eigenvalue weighted by atomic mass is 16.7. The smallest absolute Gasteiger partial charge is 0.187 e. The Bertz CT molecular complexity index is 355. The third-order valence-electron chi connectivity index (χ3n) is 4.05. The number of ether oxygens (including phenoxy) is 2. The molecule has 2 aliphatic rings. The first-order valence-corrected chi connectivity index (χ1v) is 7.07. The molecule has 2 fully saturated rings. The fraction of sp³-hybridized carbons (Fsp3) is 1.00. The van der Waals surface area contributed by atoms with Gasteiger partial charge < -0.3 is 50.5 Å². The van der Waals surface area contributed by atoms with Crippen molar-refractivity contribution in [2.45, 2.75) is 55.1 Å². The molecule has 0 aromatic heterocycles. The third kappa shape index (κ3) is 3.41. The van der Waals surface area contributed by atoms with Crippen LogP contribution < -0.4 is 5.32 Å². The molecule has 0 bridgehead atoms. The van der Waals surface area contributed by atoms with Crippen LogP contribution in [0.15, 0.2) is 0 Å². The van der Waals surface area contributed by atoms with Gasteiger partial charge in [0.1, 0.15) is 36.6 Å². The summed E-state index contributed by atoms with van der Waals surface area (Å²) in [6, 6.07) is -0.717. The van der Waals surface area contributed by atoms with E-state index in [1.165, 1.54) is 0 Å². The van der Waals surface area contributed by atoms with Gasteiger partial charge in [-0.05, 0) is 0 Å². The molecule has 2 saturated heterocycles. The van der Waals surface area contributed by atoms with Crippen LogP contribution in [0.2, 0.25) is 0 Å². The van der Waals surface area contributed by atoms with Gasteiger partial charge in [-0.15, -0.1) is 0 Å².